The number of urea groups is 2. The summed E-state index contributed by atoms with van der Waals surface area (Å²) in [5.41, 5.74) is 5.31. The van der Waals surface area contributed by atoms with Crippen molar-refractivity contribution in [3.63, 3.8) is 0 Å². The molecule has 0 bridgehead atoms. The van der Waals surface area contributed by atoms with E-state index in [1.165, 1.54) is 31.1 Å². The Kier molecular flexibility index (Phi) is 7.21. The Balaban J connectivity index is 1.10. The van der Waals surface area contributed by atoms with E-state index in [-0.39, 0.29) is 5.57 Å². The highest BCUT2D eigenvalue weighted by Crippen LogP contribution is 2.46. The number of amides is 4. The number of likely N-dealkylation sites (tertiary alicyclic amines) is 1. The number of methoxy groups -OCH3 is 1. The Morgan fingerprint density at radius 3 is 2.71 bits per heavy atom. The molecule has 2 N–H and O–H groups in total. The smallest absolute Gasteiger partial charge is 0.337 e. The Labute approximate surface area is 237 Å². The normalized spacial score (nSPS) is 20.3. The van der Waals surface area contributed by atoms with Crippen molar-refractivity contribution in [2.24, 2.45) is 0 Å². The van der Waals surface area contributed by atoms with E-state index in [0.29, 0.717) is 34.3 Å². The Morgan fingerprint density at radius 1 is 1.12 bits per heavy atom. The molecule has 0 saturated carbocycles. The van der Waals surface area contributed by atoms with Crippen LogP contribution in [0.5, 0.6) is 0 Å². The standard InChI is InChI=1S/C30H34N6O5/c1-19-25(27(37)40-2)26(21-8-9-23-24(18-21)34-41-33-23)36(29(39)32-19)28(38)31-14-5-15-35-16-12-30(13-17-35)11-10-20-6-3-4-7-22(20)30/h3-4,6-9,18,26H,5,10-17H2,1-2H3,(H,31,38)(H,32,39). The molecule has 6 rings (SSSR count). The molecule has 11 nitrogen and oxygen atoms in total. The number of allylic oxidation sites excluding steroid dienone is 1. The predicted molar refractivity (Wildman–Crippen MR) is 150 cm³/mol. The Morgan fingerprint density at radius 2 is 1.90 bits per heavy atom. The van der Waals surface area contributed by atoms with E-state index in [2.05, 4.69) is 50.1 Å². The molecule has 4 amide bonds. The van der Waals surface area contributed by atoms with Crippen molar-refractivity contribution in [1.29, 1.82) is 0 Å². The highest BCUT2D eigenvalue weighted by atomic mass is 16.6. The van der Waals surface area contributed by atoms with Gasteiger partial charge >= 0.3 is 18.0 Å². The van der Waals surface area contributed by atoms with Gasteiger partial charge in [-0.15, -0.1) is 0 Å². The molecule has 1 aromatic heterocycles. The zero-order chi connectivity index (χ0) is 28.6. The van der Waals surface area contributed by atoms with Crippen molar-refractivity contribution in [3.8, 4) is 0 Å². The maximum atomic E-state index is 13.4. The number of nitrogens with one attached hydrogen (secondary N) is 2. The molecule has 1 fully saturated rings. The minimum absolute atomic E-state index is 0.161. The number of nitrogens with zero attached hydrogens (tertiary/aromatic N) is 4. The molecule has 1 aliphatic carbocycles. The minimum atomic E-state index is -1.01. The second-order valence-corrected chi connectivity index (χ2v) is 11.1. The van der Waals surface area contributed by atoms with Crippen LogP contribution in [-0.4, -0.2) is 71.4 Å². The Bertz CT molecular complexity index is 1520. The highest BCUT2D eigenvalue weighted by Gasteiger charge is 2.43. The van der Waals surface area contributed by atoms with Crippen LogP contribution in [0.15, 0.2) is 58.4 Å². The number of piperidine rings is 1. The minimum Gasteiger partial charge on any atom is -0.466 e. The number of carbonyl (C=O) groups is 3. The van der Waals surface area contributed by atoms with Gasteiger partial charge in [-0.1, -0.05) is 30.3 Å². The SMILES string of the molecule is COC(=O)C1=C(C)NC(=O)N(C(=O)NCCCN2CCC3(CCc4ccccc43)CC2)C1c1ccc2nonc2c1. The summed E-state index contributed by atoms with van der Waals surface area (Å²) in [5, 5.41) is 13.2. The highest BCUT2D eigenvalue weighted by molar-refractivity contribution is 6.01. The molecule has 1 saturated heterocycles. The van der Waals surface area contributed by atoms with Gasteiger partial charge in [0.05, 0.1) is 12.7 Å². The van der Waals surface area contributed by atoms with E-state index in [1.54, 1.807) is 25.1 Å². The van der Waals surface area contributed by atoms with Crippen LogP contribution in [0.1, 0.15) is 55.3 Å². The van der Waals surface area contributed by atoms with Crippen LogP contribution in [0.2, 0.25) is 0 Å². The molecule has 1 unspecified atom stereocenters. The molecule has 41 heavy (non-hydrogen) atoms. The number of benzene rings is 2. The van der Waals surface area contributed by atoms with E-state index in [9.17, 15) is 14.4 Å². The molecule has 2 aromatic carbocycles. The lowest BCUT2D eigenvalue weighted by molar-refractivity contribution is -0.136. The van der Waals surface area contributed by atoms with Crippen LogP contribution in [0.4, 0.5) is 9.59 Å². The quantitative estimate of drug-likeness (QED) is 0.345. The maximum Gasteiger partial charge on any atom is 0.337 e. The van der Waals surface area contributed by atoms with Gasteiger partial charge in [-0.3, -0.25) is 0 Å². The number of rotatable bonds is 6. The molecule has 11 heteroatoms. The van der Waals surface area contributed by atoms with Gasteiger partial charge in [-0.2, -0.15) is 0 Å². The second-order valence-electron chi connectivity index (χ2n) is 11.1. The summed E-state index contributed by atoms with van der Waals surface area (Å²) in [5.74, 6) is -0.642. The second kappa shape index (κ2) is 11.0. The maximum absolute atomic E-state index is 13.4. The molecule has 1 atom stereocenters. The summed E-state index contributed by atoms with van der Waals surface area (Å²) in [4.78, 5) is 42.8. The summed E-state index contributed by atoms with van der Waals surface area (Å²) in [7, 11) is 1.26. The zero-order valence-corrected chi connectivity index (χ0v) is 23.3. The van der Waals surface area contributed by atoms with E-state index in [0.717, 1.165) is 43.8 Å². The lowest BCUT2D eigenvalue weighted by Crippen LogP contribution is -2.54. The number of imide groups is 1. The topological polar surface area (TPSA) is 130 Å². The molecular weight excluding hydrogens is 524 g/mol. The number of ether oxygens (including phenoxy) is 1. The van der Waals surface area contributed by atoms with E-state index in [1.807, 2.05) is 0 Å². The first-order chi connectivity index (χ1) is 19.9. The average Bonchev–Trinajstić information content (AvgIpc) is 3.60. The number of aryl methyl sites for hydroxylation is 1. The van der Waals surface area contributed by atoms with Crippen LogP contribution in [-0.2, 0) is 21.4 Å². The van der Waals surface area contributed by atoms with Gasteiger partial charge in [-0.05, 0) is 103 Å². The van der Waals surface area contributed by atoms with Crippen molar-refractivity contribution in [2.75, 3.05) is 33.3 Å². The summed E-state index contributed by atoms with van der Waals surface area (Å²) < 4.78 is 9.81. The molecule has 2 aliphatic heterocycles. The third-order valence-corrected chi connectivity index (χ3v) is 8.87. The van der Waals surface area contributed by atoms with Crippen molar-refractivity contribution < 1.29 is 23.7 Å². The lowest BCUT2D eigenvalue weighted by Gasteiger charge is -2.40. The third-order valence-electron chi connectivity index (χ3n) is 8.87. The van der Waals surface area contributed by atoms with Gasteiger partial charge in [-0.25, -0.2) is 23.9 Å². The molecule has 3 aromatic rings. The lowest BCUT2D eigenvalue weighted by atomic mass is 9.74. The summed E-state index contributed by atoms with van der Waals surface area (Å²) in [6.07, 6.45) is 5.45. The monoisotopic (exact) mass is 558 g/mol. The molecule has 214 valence electrons. The molecule has 3 heterocycles. The molecule has 1 spiro atoms. The first-order valence-corrected chi connectivity index (χ1v) is 14.1. The zero-order valence-electron chi connectivity index (χ0n) is 23.3. The van der Waals surface area contributed by atoms with Crippen LogP contribution >= 0.6 is 0 Å². The van der Waals surface area contributed by atoms with Gasteiger partial charge in [0.25, 0.3) is 0 Å². The van der Waals surface area contributed by atoms with Crippen molar-refractivity contribution in [3.05, 3.63) is 70.4 Å². The van der Waals surface area contributed by atoms with Crippen LogP contribution in [0.25, 0.3) is 11.0 Å². The fourth-order valence-corrected chi connectivity index (χ4v) is 6.68. The van der Waals surface area contributed by atoms with Crippen molar-refractivity contribution in [1.82, 2.24) is 30.7 Å². The first-order valence-electron chi connectivity index (χ1n) is 14.1. The van der Waals surface area contributed by atoms with Gasteiger partial charge in [0, 0.05) is 12.2 Å². The predicted octanol–water partition coefficient (Wildman–Crippen LogP) is 3.82. The number of esters is 1. The summed E-state index contributed by atoms with van der Waals surface area (Å²) >= 11 is 0. The number of hydrogen-bond acceptors (Lipinski definition) is 8. The first kappa shape index (κ1) is 26.9. The molecule has 3 aliphatic rings. The number of hydrogen-bond donors (Lipinski definition) is 2. The number of carbonyl (C=O) groups excluding carboxylic acids is 3. The van der Waals surface area contributed by atoms with Crippen LogP contribution < -0.4 is 10.6 Å². The van der Waals surface area contributed by atoms with Crippen molar-refractivity contribution >= 4 is 29.1 Å². The van der Waals surface area contributed by atoms with Gasteiger partial charge in [0.1, 0.15) is 17.1 Å². The van der Waals surface area contributed by atoms with E-state index >= 15 is 0 Å². The number of fused-ring (bicyclic) bond motifs is 3. The summed E-state index contributed by atoms with van der Waals surface area (Å²) in [6, 6.07) is 11.6. The third kappa shape index (κ3) is 4.94. The van der Waals surface area contributed by atoms with Crippen LogP contribution in [0, 0.1) is 0 Å². The molecule has 0 radical (unpaired) electrons. The fraction of sp³-hybridized carbons (Fsp3) is 0.433. The molecular formula is C30H34N6O5. The average molecular weight is 559 g/mol. The summed E-state index contributed by atoms with van der Waals surface area (Å²) in [6.45, 7) is 4.92. The van der Waals surface area contributed by atoms with E-state index < -0.39 is 24.1 Å². The largest absolute Gasteiger partial charge is 0.466 e. The number of aromatic nitrogens is 2. The Hall–Kier alpha value is -4.25. The van der Waals surface area contributed by atoms with Crippen molar-refractivity contribution in [2.45, 2.75) is 50.5 Å². The van der Waals surface area contributed by atoms with Gasteiger partial charge in [0.15, 0.2) is 0 Å². The van der Waals surface area contributed by atoms with Crippen LogP contribution in [0.3, 0.4) is 0 Å². The van der Waals surface area contributed by atoms with Gasteiger partial charge in [0.2, 0.25) is 0 Å². The fourth-order valence-electron chi connectivity index (χ4n) is 6.68. The van der Waals surface area contributed by atoms with Gasteiger partial charge < -0.3 is 20.3 Å². The van der Waals surface area contributed by atoms with E-state index in [4.69, 9.17) is 9.37 Å².